The Kier molecular flexibility index (Phi) is 6.25. The van der Waals surface area contributed by atoms with Crippen molar-refractivity contribution in [3.05, 3.63) is 0 Å². The number of rotatable bonds is 6. The van der Waals surface area contributed by atoms with E-state index in [9.17, 15) is 19.7 Å². The highest BCUT2D eigenvalue weighted by atomic mass is 31.2. The molecule has 2 rings (SSSR count). The van der Waals surface area contributed by atoms with E-state index in [1.54, 1.807) is 0 Å². The zero-order valence-electron chi connectivity index (χ0n) is 13.9. The average Bonchev–Trinajstić information content (AvgIpc) is 2.89. The first-order valence-corrected chi connectivity index (χ1v) is 9.41. The number of aliphatic hydroxyl groups is 2. The number of aliphatic hydroxyl groups excluding tert-OH is 2. The van der Waals surface area contributed by atoms with Crippen LogP contribution in [0.25, 0.3) is 0 Å². The van der Waals surface area contributed by atoms with Crippen molar-refractivity contribution in [2.24, 2.45) is 11.8 Å². The molecule has 0 aliphatic carbocycles. The minimum Gasteiger partial charge on any atom is -0.394 e. The number of phosphoric ester groups is 1. The van der Waals surface area contributed by atoms with E-state index >= 15 is 0 Å². The molecule has 2 saturated heterocycles. The molecule has 2 aliphatic rings. The first-order chi connectivity index (χ1) is 10.7. The monoisotopic (exact) mass is 354 g/mol. The van der Waals surface area contributed by atoms with Gasteiger partial charge >= 0.3 is 7.82 Å². The lowest BCUT2D eigenvalue weighted by Crippen LogP contribution is -2.32. The number of phosphoric acid groups is 1. The SMILES string of the molecule is C[C@@H]1O[C@H](COP(=O)(O)OC2[C@@H](CO)O[C@@H](C)[C@H]2C)C(O)[C@@H]1C. The van der Waals surface area contributed by atoms with Crippen LogP contribution in [0.15, 0.2) is 0 Å². The fourth-order valence-electron chi connectivity index (χ4n) is 2.98. The molecule has 3 unspecified atom stereocenters. The van der Waals surface area contributed by atoms with E-state index in [2.05, 4.69) is 0 Å². The van der Waals surface area contributed by atoms with Gasteiger partial charge in [-0.05, 0) is 13.8 Å². The van der Waals surface area contributed by atoms with Crippen LogP contribution in [0, 0.1) is 11.8 Å². The normalized spacial score (nSPS) is 46.9. The van der Waals surface area contributed by atoms with Crippen molar-refractivity contribution in [2.45, 2.75) is 64.3 Å². The highest BCUT2D eigenvalue weighted by molar-refractivity contribution is 7.47. The number of hydrogen-bond acceptors (Lipinski definition) is 7. The topological polar surface area (TPSA) is 115 Å². The smallest absolute Gasteiger partial charge is 0.394 e. The Morgan fingerprint density at radius 2 is 1.61 bits per heavy atom. The summed E-state index contributed by atoms with van der Waals surface area (Å²) in [5.74, 6) is -0.241. The van der Waals surface area contributed by atoms with E-state index in [1.807, 2.05) is 27.7 Å². The Morgan fingerprint density at radius 1 is 1.04 bits per heavy atom. The second kappa shape index (κ2) is 7.45. The van der Waals surface area contributed by atoms with Gasteiger partial charge in [0.25, 0.3) is 0 Å². The molecule has 136 valence electrons. The Hall–Kier alpha value is -0.0500. The molecule has 3 N–H and O–H groups in total. The second-order valence-corrected chi connectivity index (χ2v) is 7.89. The molecule has 2 aliphatic heterocycles. The van der Waals surface area contributed by atoms with E-state index in [0.29, 0.717) is 0 Å². The minimum atomic E-state index is -4.36. The van der Waals surface area contributed by atoms with Gasteiger partial charge in [0, 0.05) is 11.8 Å². The third-order valence-corrected chi connectivity index (χ3v) is 5.89. The lowest BCUT2D eigenvalue weighted by Gasteiger charge is -2.24. The molecule has 9 heteroatoms. The summed E-state index contributed by atoms with van der Waals surface area (Å²) in [4.78, 5) is 9.91. The predicted octanol–water partition coefficient (Wildman–Crippen LogP) is 0.689. The van der Waals surface area contributed by atoms with E-state index < -0.39 is 32.2 Å². The molecule has 9 atom stereocenters. The first kappa shape index (κ1) is 19.3. The van der Waals surface area contributed by atoms with E-state index in [-0.39, 0.29) is 37.3 Å². The molecule has 0 saturated carbocycles. The van der Waals surface area contributed by atoms with E-state index in [0.717, 1.165) is 0 Å². The van der Waals surface area contributed by atoms with Gasteiger partial charge in [0.15, 0.2) is 0 Å². The van der Waals surface area contributed by atoms with Crippen LogP contribution in [0.3, 0.4) is 0 Å². The van der Waals surface area contributed by atoms with Crippen molar-refractivity contribution in [1.29, 1.82) is 0 Å². The van der Waals surface area contributed by atoms with Gasteiger partial charge in [-0.15, -0.1) is 0 Å². The molecule has 0 spiro atoms. The molecule has 0 aromatic rings. The highest BCUT2D eigenvalue weighted by Gasteiger charge is 2.45. The highest BCUT2D eigenvalue weighted by Crippen LogP contribution is 2.49. The molecule has 0 amide bonds. The summed E-state index contributed by atoms with van der Waals surface area (Å²) in [6, 6.07) is 0. The average molecular weight is 354 g/mol. The van der Waals surface area contributed by atoms with Gasteiger partial charge < -0.3 is 24.6 Å². The lowest BCUT2D eigenvalue weighted by atomic mass is 10.00. The quantitative estimate of drug-likeness (QED) is 0.597. The Labute approximate surface area is 136 Å². The van der Waals surface area contributed by atoms with Crippen LogP contribution < -0.4 is 0 Å². The van der Waals surface area contributed by atoms with E-state index in [4.69, 9.17) is 18.5 Å². The summed E-state index contributed by atoms with van der Waals surface area (Å²) in [7, 11) is -4.36. The van der Waals surface area contributed by atoms with Crippen LogP contribution in [0.2, 0.25) is 0 Å². The minimum absolute atomic E-state index is 0.0783. The second-order valence-electron chi connectivity index (χ2n) is 6.49. The third-order valence-electron chi connectivity index (χ3n) is 4.90. The molecule has 0 bridgehead atoms. The maximum absolute atomic E-state index is 12.1. The maximum atomic E-state index is 12.1. The number of ether oxygens (including phenoxy) is 2. The molecular weight excluding hydrogens is 327 g/mol. The fraction of sp³-hybridized carbons (Fsp3) is 1.00. The summed E-state index contributed by atoms with van der Waals surface area (Å²) in [6.45, 7) is 6.75. The van der Waals surface area contributed by atoms with Crippen molar-refractivity contribution in [2.75, 3.05) is 13.2 Å². The standard InChI is InChI=1S/C14H27O8P/c1-7-9(3)21-12(13(7)16)6-19-23(17,18)22-14-8(2)10(4)20-11(14)5-15/h7-16H,5-6H2,1-4H3,(H,17,18)/t7-,8-,9+,10+,11-,12-,13?,14?/m1/s1. The summed E-state index contributed by atoms with van der Waals surface area (Å²) in [5, 5.41) is 19.3. The first-order valence-electron chi connectivity index (χ1n) is 7.92. The van der Waals surface area contributed by atoms with Gasteiger partial charge in [-0.2, -0.15) is 0 Å². The zero-order valence-corrected chi connectivity index (χ0v) is 14.8. The van der Waals surface area contributed by atoms with Crippen LogP contribution in [0.5, 0.6) is 0 Å². The summed E-state index contributed by atoms with van der Waals surface area (Å²) in [6.07, 6.45) is -3.19. The van der Waals surface area contributed by atoms with Crippen molar-refractivity contribution < 1.29 is 38.2 Å². The molecule has 23 heavy (non-hydrogen) atoms. The van der Waals surface area contributed by atoms with Crippen LogP contribution in [-0.4, -0.2) is 64.9 Å². The van der Waals surface area contributed by atoms with Gasteiger partial charge in [-0.25, -0.2) is 4.57 Å². The van der Waals surface area contributed by atoms with Crippen LogP contribution in [0.1, 0.15) is 27.7 Å². The summed E-state index contributed by atoms with van der Waals surface area (Å²) < 4.78 is 33.3. The molecule has 0 radical (unpaired) electrons. The Balaban J connectivity index is 1.91. The summed E-state index contributed by atoms with van der Waals surface area (Å²) in [5.41, 5.74) is 0. The molecule has 2 fully saturated rings. The van der Waals surface area contributed by atoms with Crippen molar-refractivity contribution >= 4 is 7.82 Å². The van der Waals surface area contributed by atoms with Crippen LogP contribution in [-0.2, 0) is 23.1 Å². The molecule has 0 aromatic carbocycles. The van der Waals surface area contributed by atoms with E-state index in [1.165, 1.54) is 0 Å². The number of hydrogen-bond donors (Lipinski definition) is 3. The maximum Gasteiger partial charge on any atom is 0.472 e. The lowest BCUT2D eigenvalue weighted by molar-refractivity contribution is -0.0353. The van der Waals surface area contributed by atoms with Gasteiger partial charge in [0.05, 0.1) is 31.5 Å². The zero-order chi connectivity index (χ0) is 17.4. The van der Waals surface area contributed by atoms with Crippen LogP contribution >= 0.6 is 7.82 Å². The Bertz CT molecular complexity index is 446. The summed E-state index contributed by atoms with van der Waals surface area (Å²) >= 11 is 0. The van der Waals surface area contributed by atoms with Gasteiger partial charge in [-0.1, -0.05) is 13.8 Å². The van der Waals surface area contributed by atoms with Gasteiger partial charge in [0.1, 0.15) is 18.3 Å². The van der Waals surface area contributed by atoms with Gasteiger partial charge in [0.2, 0.25) is 0 Å². The van der Waals surface area contributed by atoms with Crippen molar-refractivity contribution in [1.82, 2.24) is 0 Å². The van der Waals surface area contributed by atoms with Gasteiger partial charge in [-0.3, -0.25) is 9.05 Å². The Morgan fingerprint density at radius 3 is 2.13 bits per heavy atom. The third kappa shape index (κ3) is 4.32. The molecule has 2 heterocycles. The predicted molar refractivity (Wildman–Crippen MR) is 80.7 cm³/mol. The molecular formula is C14H27O8P. The van der Waals surface area contributed by atoms with Crippen LogP contribution in [0.4, 0.5) is 0 Å². The van der Waals surface area contributed by atoms with Crippen molar-refractivity contribution in [3.8, 4) is 0 Å². The molecule has 8 nitrogen and oxygen atoms in total. The molecule has 0 aromatic heterocycles. The van der Waals surface area contributed by atoms with Crippen molar-refractivity contribution in [3.63, 3.8) is 0 Å². The fourth-order valence-corrected chi connectivity index (χ4v) is 4.01. The largest absolute Gasteiger partial charge is 0.472 e.